The van der Waals surface area contributed by atoms with Crippen LogP contribution in [0.1, 0.15) is 42.8 Å². The number of hydrogen-bond acceptors (Lipinski definition) is 8. The van der Waals surface area contributed by atoms with Gasteiger partial charge in [0.1, 0.15) is 29.6 Å². The van der Waals surface area contributed by atoms with Crippen LogP contribution in [0.2, 0.25) is 0 Å². The zero-order chi connectivity index (χ0) is 20.3. The SMILES string of the molecule is Cc1nc2c(c(NC3CCCN(c4cc(N5CCOCC5)ncn4)C3)n1)CCCC2. The molecule has 0 bridgehead atoms. The fraction of sp³-hybridized carbons (Fsp3) is 0.636. The lowest BCUT2D eigenvalue weighted by molar-refractivity contribution is 0.122. The molecule has 8 nitrogen and oxygen atoms in total. The first kappa shape index (κ1) is 19.5. The minimum Gasteiger partial charge on any atom is -0.378 e. The van der Waals surface area contributed by atoms with Gasteiger partial charge in [-0.3, -0.25) is 0 Å². The lowest BCUT2D eigenvalue weighted by atomic mass is 9.95. The van der Waals surface area contributed by atoms with Gasteiger partial charge in [0.25, 0.3) is 0 Å². The lowest BCUT2D eigenvalue weighted by Crippen LogP contribution is -2.43. The summed E-state index contributed by atoms with van der Waals surface area (Å²) >= 11 is 0. The standard InChI is InChI=1S/C22H31N7O/c1-16-25-19-7-3-2-6-18(19)22(26-16)27-17-5-4-8-29(14-17)21-13-20(23-15-24-21)28-9-11-30-12-10-28/h13,15,17H,2-12,14H2,1H3,(H,25,26,27). The number of piperidine rings is 1. The van der Waals surface area contributed by atoms with E-state index in [4.69, 9.17) is 14.7 Å². The predicted octanol–water partition coefficient (Wildman–Crippen LogP) is 2.37. The van der Waals surface area contributed by atoms with Crippen LogP contribution in [0.25, 0.3) is 0 Å². The highest BCUT2D eigenvalue weighted by molar-refractivity contribution is 5.52. The van der Waals surface area contributed by atoms with Crippen molar-refractivity contribution in [1.29, 1.82) is 0 Å². The van der Waals surface area contributed by atoms with Crippen LogP contribution in [-0.2, 0) is 17.6 Å². The van der Waals surface area contributed by atoms with Crippen molar-refractivity contribution in [2.45, 2.75) is 51.5 Å². The fourth-order valence-electron chi connectivity index (χ4n) is 4.81. The average Bonchev–Trinajstić information content (AvgIpc) is 2.80. The smallest absolute Gasteiger partial charge is 0.134 e. The van der Waals surface area contributed by atoms with Crippen molar-refractivity contribution in [3.63, 3.8) is 0 Å². The van der Waals surface area contributed by atoms with Crippen LogP contribution in [0.5, 0.6) is 0 Å². The quantitative estimate of drug-likeness (QED) is 0.825. The van der Waals surface area contributed by atoms with Crippen molar-refractivity contribution in [1.82, 2.24) is 19.9 Å². The normalized spacial score (nSPS) is 22.0. The van der Waals surface area contributed by atoms with Gasteiger partial charge in [0, 0.05) is 49.5 Å². The highest BCUT2D eigenvalue weighted by Gasteiger charge is 2.25. The molecule has 2 fully saturated rings. The Kier molecular flexibility index (Phi) is 5.66. The van der Waals surface area contributed by atoms with Crippen molar-refractivity contribution in [3.05, 3.63) is 29.5 Å². The number of nitrogens with zero attached hydrogens (tertiary/aromatic N) is 6. The van der Waals surface area contributed by atoms with Crippen molar-refractivity contribution in [2.24, 2.45) is 0 Å². The third-order valence-corrected chi connectivity index (χ3v) is 6.35. The Morgan fingerprint density at radius 1 is 0.967 bits per heavy atom. The number of aryl methyl sites for hydroxylation is 2. The number of ether oxygens (including phenoxy) is 1. The topological polar surface area (TPSA) is 79.3 Å². The number of rotatable bonds is 4. The van der Waals surface area contributed by atoms with E-state index in [1.165, 1.54) is 24.1 Å². The van der Waals surface area contributed by atoms with Crippen LogP contribution >= 0.6 is 0 Å². The minimum atomic E-state index is 0.362. The largest absolute Gasteiger partial charge is 0.378 e. The molecule has 5 rings (SSSR count). The summed E-state index contributed by atoms with van der Waals surface area (Å²) in [6.07, 6.45) is 8.62. The van der Waals surface area contributed by atoms with Gasteiger partial charge in [-0.15, -0.1) is 0 Å². The summed E-state index contributed by atoms with van der Waals surface area (Å²) in [5.74, 6) is 3.94. The van der Waals surface area contributed by atoms with E-state index in [9.17, 15) is 0 Å². The molecule has 2 saturated heterocycles. The van der Waals surface area contributed by atoms with Crippen LogP contribution in [0.4, 0.5) is 17.5 Å². The first-order chi connectivity index (χ1) is 14.8. The van der Waals surface area contributed by atoms with E-state index in [2.05, 4.69) is 31.2 Å². The molecule has 1 unspecified atom stereocenters. The average molecular weight is 410 g/mol. The molecule has 1 atom stereocenters. The van der Waals surface area contributed by atoms with E-state index < -0.39 is 0 Å². The maximum absolute atomic E-state index is 5.47. The Morgan fingerprint density at radius 2 is 1.77 bits per heavy atom. The summed E-state index contributed by atoms with van der Waals surface area (Å²) in [6.45, 7) is 7.25. The van der Waals surface area contributed by atoms with Gasteiger partial charge in [0.15, 0.2) is 0 Å². The Morgan fingerprint density at radius 3 is 2.63 bits per heavy atom. The Bertz CT molecular complexity index is 884. The van der Waals surface area contributed by atoms with Crippen LogP contribution in [0.15, 0.2) is 12.4 Å². The van der Waals surface area contributed by atoms with Gasteiger partial charge in [-0.2, -0.15) is 0 Å². The van der Waals surface area contributed by atoms with Crippen molar-refractivity contribution in [3.8, 4) is 0 Å². The third-order valence-electron chi connectivity index (χ3n) is 6.35. The molecule has 0 spiro atoms. The van der Waals surface area contributed by atoms with Gasteiger partial charge >= 0.3 is 0 Å². The van der Waals surface area contributed by atoms with E-state index in [1.54, 1.807) is 6.33 Å². The summed E-state index contributed by atoms with van der Waals surface area (Å²) in [7, 11) is 0. The minimum absolute atomic E-state index is 0.362. The van der Waals surface area contributed by atoms with E-state index in [0.29, 0.717) is 6.04 Å². The molecule has 2 aromatic heterocycles. The zero-order valence-corrected chi connectivity index (χ0v) is 17.8. The molecular weight excluding hydrogens is 378 g/mol. The molecule has 0 amide bonds. The number of anilines is 3. The number of morpholine rings is 1. The molecule has 0 radical (unpaired) electrons. The molecule has 2 aliphatic heterocycles. The molecule has 0 aromatic carbocycles. The molecule has 2 aromatic rings. The maximum atomic E-state index is 5.47. The number of fused-ring (bicyclic) bond motifs is 1. The maximum Gasteiger partial charge on any atom is 0.134 e. The number of nitrogens with one attached hydrogen (secondary N) is 1. The molecule has 160 valence electrons. The molecule has 4 heterocycles. The van der Waals surface area contributed by atoms with Gasteiger partial charge in [-0.25, -0.2) is 19.9 Å². The molecule has 0 saturated carbocycles. The lowest BCUT2D eigenvalue weighted by Gasteiger charge is -2.35. The molecule has 1 N–H and O–H groups in total. The van der Waals surface area contributed by atoms with Crippen molar-refractivity contribution >= 4 is 17.5 Å². The highest BCUT2D eigenvalue weighted by Crippen LogP contribution is 2.28. The first-order valence-corrected chi connectivity index (χ1v) is 11.3. The van der Waals surface area contributed by atoms with Crippen LogP contribution in [0, 0.1) is 6.92 Å². The summed E-state index contributed by atoms with van der Waals surface area (Å²) < 4.78 is 5.47. The van der Waals surface area contributed by atoms with Gasteiger partial charge in [0.2, 0.25) is 0 Å². The van der Waals surface area contributed by atoms with E-state index in [-0.39, 0.29) is 0 Å². The molecule has 3 aliphatic rings. The number of hydrogen-bond donors (Lipinski definition) is 1. The first-order valence-electron chi connectivity index (χ1n) is 11.3. The monoisotopic (exact) mass is 409 g/mol. The molecular formula is C22H31N7O. The summed E-state index contributed by atoms with van der Waals surface area (Å²) in [5.41, 5.74) is 2.58. The second-order valence-corrected chi connectivity index (χ2v) is 8.52. The van der Waals surface area contributed by atoms with Crippen LogP contribution in [-0.4, -0.2) is 65.4 Å². The van der Waals surface area contributed by atoms with E-state index >= 15 is 0 Å². The van der Waals surface area contributed by atoms with Gasteiger partial charge in [-0.1, -0.05) is 0 Å². The van der Waals surface area contributed by atoms with E-state index in [0.717, 1.165) is 88.4 Å². The molecule has 8 heteroatoms. The Hall–Kier alpha value is -2.48. The summed E-state index contributed by atoms with van der Waals surface area (Å²) in [5, 5.41) is 3.76. The Balaban J connectivity index is 1.31. The number of aromatic nitrogens is 4. The summed E-state index contributed by atoms with van der Waals surface area (Å²) in [4.78, 5) is 23.2. The highest BCUT2D eigenvalue weighted by atomic mass is 16.5. The van der Waals surface area contributed by atoms with Crippen molar-refractivity contribution in [2.75, 3.05) is 54.5 Å². The van der Waals surface area contributed by atoms with Gasteiger partial charge < -0.3 is 19.9 Å². The van der Waals surface area contributed by atoms with Crippen molar-refractivity contribution < 1.29 is 4.74 Å². The second kappa shape index (κ2) is 8.71. The fourth-order valence-corrected chi connectivity index (χ4v) is 4.81. The van der Waals surface area contributed by atoms with E-state index in [1.807, 2.05) is 6.92 Å². The van der Waals surface area contributed by atoms with Gasteiger partial charge in [-0.05, 0) is 45.4 Å². The molecule has 30 heavy (non-hydrogen) atoms. The zero-order valence-electron chi connectivity index (χ0n) is 17.8. The third kappa shape index (κ3) is 4.19. The Labute approximate surface area is 178 Å². The summed E-state index contributed by atoms with van der Waals surface area (Å²) in [6, 6.07) is 2.49. The van der Waals surface area contributed by atoms with Gasteiger partial charge in [0.05, 0.1) is 13.2 Å². The molecule has 1 aliphatic carbocycles. The second-order valence-electron chi connectivity index (χ2n) is 8.52. The predicted molar refractivity (Wildman–Crippen MR) is 117 cm³/mol. The van der Waals surface area contributed by atoms with Crippen LogP contribution in [0.3, 0.4) is 0 Å². The van der Waals surface area contributed by atoms with Crippen LogP contribution < -0.4 is 15.1 Å².